The molecule has 1 unspecified atom stereocenters. The lowest BCUT2D eigenvalue weighted by Gasteiger charge is -2.13. The molecule has 1 aromatic heterocycles. The molecule has 0 radical (unpaired) electrons. The van der Waals surface area contributed by atoms with Gasteiger partial charge in [-0.15, -0.1) is 0 Å². The summed E-state index contributed by atoms with van der Waals surface area (Å²) in [5.74, 6) is -1.46. The van der Waals surface area contributed by atoms with E-state index in [1.54, 1.807) is 0 Å². The summed E-state index contributed by atoms with van der Waals surface area (Å²) in [4.78, 5) is 31.6. The second kappa shape index (κ2) is 4.17. The molecule has 2 heterocycles. The van der Waals surface area contributed by atoms with E-state index in [4.69, 9.17) is 5.11 Å². The molecule has 1 aromatic rings. The Morgan fingerprint density at radius 2 is 2.25 bits per heavy atom. The zero-order chi connectivity index (χ0) is 11.7. The number of rotatable bonds is 2. The summed E-state index contributed by atoms with van der Waals surface area (Å²) in [7, 11) is 0. The minimum Gasteiger partial charge on any atom is -0.481 e. The Morgan fingerprint density at radius 3 is 2.75 bits per heavy atom. The third kappa shape index (κ3) is 2.04. The Morgan fingerprint density at radius 1 is 1.50 bits per heavy atom. The van der Waals surface area contributed by atoms with E-state index >= 15 is 0 Å². The molecule has 0 aromatic carbocycles. The Hall–Kier alpha value is -1.50. The molecular weight excluding hydrogens is 278 g/mol. The fourth-order valence-electron chi connectivity index (χ4n) is 1.54. The number of halogens is 1. The molecule has 7 heteroatoms. The molecule has 1 N–H and O–H groups in total. The van der Waals surface area contributed by atoms with E-state index in [0.717, 1.165) is 0 Å². The van der Waals surface area contributed by atoms with Gasteiger partial charge in [-0.1, -0.05) is 0 Å². The van der Waals surface area contributed by atoms with E-state index < -0.39 is 11.9 Å². The molecular formula is C9H8BrN3O3. The van der Waals surface area contributed by atoms with Gasteiger partial charge in [0.25, 0.3) is 0 Å². The number of carbonyl (C=O) groups is 2. The summed E-state index contributed by atoms with van der Waals surface area (Å²) in [6, 6.07) is 0. The van der Waals surface area contributed by atoms with Crippen molar-refractivity contribution in [1.29, 1.82) is 0 Å². The van der Waals surface area contributed by atoms with Gasteiger partial charge in [0, 0.05) is 13.0 Å². The molecule has 1 atom stereocenters. The van der Waals surface area contributed by atoms with Gasteiger partial charge in [0.15, 0.2) is 5.82 Å². The van der Waals surface area contributed by atoms with Crippen molar-refractivity contribution in [2.75, 3.05) is 11.4 Å². The number of carboxylic acids is 1. The molecule has 0 spiro atoms. The van der Waals surface area contributed by atoms with Crippen molar-refractivity contribution in [2.45, 2.75) is 6.42 Å². The monoisotopic (exact) mass is 285 g/mol. The van der Waals surface area contributed by atoms with E-state index in [9.17, 15) is 9.59 Å². The first kappa shape index (κ1) is 11.0. The van der Waals surface area contributed by atoms with Crippen molar-refractivity contribution >= 4 is 33.6 Å². The quantitative estimate of drug-likeness (QED) is 0.864. The number of nitrogens with zero attached hydrogens (tertiary/aromatic N) is 3. The van der Waals surface area contributed by atoms with Gasteiger partial charge in [0.1, 0.15) is 4.60 Å². The zero-order valence-electron chi connectivity index (χ0n) is 8.13. The van der Waals surface area contributed by atoms with Crippen LogP contribution in [0, 0.1) is 5.92 Å². The van der Waals surface area contributed by atoms with Crippen molar-refractivity contribution in [3.8, 4) is 0 Å². The summed E-state index contributed by atoms with van der Waals surface area (Å²) in [6.07, 6.45) is 2.93. The van der Waals surface area contributed by atoms with Crippen LogP contribution in [0.1, 0.15) is 6.42 Å². The highest BCUT2D eigenvalue weighted by Gasteiger charge is 2.35. The third-order valence-corrected chi connectivity index (χ3v) is 2.77. The second-order valence-electron chi connectivity index (χ2n) is 3.44. The van der Waals surface area contributed by atoms with Crippen LogP contribution >= 0.6 is 15.9 Å². The standard InChI is InChI=1S/C9H8BrN3O3/c10-6-2-12-7(3-11-6)13-4-5(9(15)16)1-8(13)14/h2-3,5H,1,4H2,(H,15,16). The second-order valence-corrected chi connectivity index (χ2v) is 4.25. The molecule has 6 nitrogen and oxygen atoms in total. The maximum Gasteiger partial charge on any atom is 0.308 e. The predicted octanol–water partition coefficient (Wildman–Crippen LogP) is 0.677. The highest BCUT2D eigenvalue weighted by atomic mass is 79.9. The minimum atomic E-state index is -0.957. The van der Waals surface area contributed by atoms with Gasteiger partial charge < -0.3 is 5.11 Å². The van der Waals surface area contributed by atoms with Gasteiger partial charge >= 0.3 is 5.97 Å². The number of aromatic nitrogens is 2. The SMILES string of the molecule is O=C(O)C1CC(=O)N(c2cnc(Br)cn2)C1. The number of hydrogen-bond acceptors (Lipinski definition) is 4. The van der Waals surface area contributed by atoms with Crippen LogP contribution in [-0.2, 0) is 9.59 Å². The van der Waals surface area contributed by atoms with E-state index in [-0.39, 0.29) is 18.9 Å². The highest BCUT2D eigenvalue weighted by molar-refractivity contribution is 9.10. The van der Waals surface area contributed by atoms with Crippen LogP contribution in [-0.4, -0.2) is 33.5 Å². The van der Waals surface area contributed by atoms with E-state index in [1.807, 2.05) is 0 Å². The Balaban J connectivity index is 2.20. The van der Waals surface area contributed by atoms with Gasteiger partial charge in [-0.3, -0.25) is 14.5 Å². The average molecular weight is 286 g/mol. The van der Waals surface area contributed by atoms with Crippen molar-refractivity contribution in [3.63, 3.8) is 0 Å². The lowest BCUT2D eigenvalue weighted by molar-refractivity contribution is -0.141. The van der Waals surface area contributed by atoms with Crippen molar-refractivity contribution in [1.82, 2.24) is 9.97 Å². The average Bonchev–Trinajstić information content (AvgIpc) is 2.62. The fraction of sp³-hybridized carbons (Fsp3) is 0.333. The van der Waals surface area contributed by atoms with Gasteiger partial charge in [-0.2, -0.15) is 0 Å². The Kier molecular flexibility index (Phi) is 2.86. The molecule has 84 valence electrons. The fourth-order valence-corrected chi connectivity index (χ4v) is 1.74. The maximum absolute atomic E-state index is 11.6. The van der Waals surface area contributed by atoms with Gasteiger partial charge in [-0.25, -0.2) is 9.97 Å². The molecule has 1 aliphatic heterocycles. The third-order valence-electron chi connectivity index (χ3n) is 2.36. The summed E-state index contributed by atoms with van der Waals surface area (Å²) in [6.45, 7) is 0.157. The molecule has 0 aliphatic carbocycles. The number of anilines is 1. The number of carbonyl (C=O) groups excluding carboxylic acids is 1. The molecule has 0 saturated carbocycles. The number of aliphatic carboxylic acids is 1. The van der Waals surface area contributed by atoms with E-state index in [0.29, 0.717) is 10.4 Å². The Bertz CT molecular complexity index is 434. The van der Waals surface area contributed by atoms with Crippen LogP contribution in [0.2, 0.25) is 0 Å². The molecule has 1 fully saturated rings. The zero-order valence-corrected chi connectivity index (χ0v) is 9.72. The summed E-state index contributed by atoms with van der Waals surface area (Å²) >= 11 is 3.13. The molecule has 16 heavy (non-hydrogen) atoms. The van der Waals surface area contributed by atoms with Crippen LogP contribution in [0.25, 0.3) is 0 Å². The van der Waals surface area contributed by atoms with Crippen molar-refractivity contribution in [3.05, 3.63) is 17.0 Å². The maximum atomic E-state index is 11.6. The lowest BCUT2D eigenvalue weighted by Crippen LogP contribution is -2.26. The van der Waals surface area contributed by atoms with Crippen molar-refractivity contribution < 1.29 is 14.7 Å². The van der Waals surface area contributed by atoms with Crippen LogP contribution in [0.5, 0.6) is 0 Å². The van der Waals surface area contributed by atoms with E-state index in [1.165, 1.54) is 17.3 Å². The normalized spacial score (nSPS) is 20.2. The Labute approximate surface area is 99.4 Å². The highest BCUT2D eigenvalue weighted by Crippen LogP contribution is 2.23. The number of carboxylic acid groups (broad SMARTS) is 1. The number of amides is 1. The molecule has 1 saturated heterocycles. The van der Waals surface area contributed by atoms with Crippen LogP contribution in [0.15, 0.2) is 17.0 Å². The largest absolute Gasteiger partial charge is 0.481 e. The first-order valence-corrected chi connectivity index (χ1v) is 5.38. The molecule has 0 bridgehead atoms. The summed E-state index contributed by atoms with van der Waals surface area (Å²) < 4.78 is 0.567. The molecule has 2 rings (SSSR count). The summed E-state index contributed by atoms with van der Waals surface area (Å²) in [5.41, 5.74) is 0. The van der Waals surface area contributed by atoms with Crippen LogP contribution < -0.4 is 4.90 Å². The van der Waals surface area contributed by atoms with Crippen LogP contribution in [0.4, 0.5) is 5.82 Å². The molecule has 1 aliphatic rings. The van der Waals surface area contributed by atoms with Crippen LogP contribution in [0.3, 0.4) is 0 Å². The first-order chi connectivity index (χ1) is 7.58. The van der Waals surface area contributed by atoms with Gasteiger partial charge in [-0.05, 0) is 15.9 Å². The van der Waals surface area contributed by atoms with Gasteiger partial charge in [0.05, 0.1) is 18.3 Å². The first-order valence-electron chi connectivity index (χ1n) is 4.58. The van der Waals surface area contributed by atoms with E-state index in [2.05, 4.69) is 25.9 Å². The number of hydrogen-bond donors (Lipinski definition) is 1. The predicted molar refractivity (Wildman–Crippen MR) is 57.8 cm³/mol. The topological polar surface area (TPSA) is 83.4 Å². The molecule has 1 amide bonds. The van der Waals surface area contributed by atoms with Crippen molar-refractivity contribution in [2.24, 2.45) is 5.92 Å². The summed E-state index contributed by atoms with van der Waals surface area (Å²) in [5, 5.41) is 8.82. The lowest BCUT2D eigenvalue weighted by atomic mass is 10.1. The van der Waals surface area contributed by atoms with Gasteiger partial charge in [0.2, 0.25) is 5.91 Å². The minimum absolute atomic E-state index is 0.0209. The smallest absolute Gasteiger partial charge is 0.308 e.